The van der Waals surface area contributed by atoms with E-state index >= 15 is 0 Å². The van der Waals surface area contributed by atoms with Crippen molar-refractivity contribution >= 4 is 15.7 Å². The molecule has 4 rings (SSSR count). The Balaban J connectivity index is 2.14. The average Bonchev–Trinajstić information content (AvgIpc) is 2.80. The lowest BCUT2D eigenvalue weighted by atomic mass is 10.0. The number of nitrogens with two attached hydrogens (primary N) is 1. The van der Waals surface area contributed by atoms with Crippen molar-refractivity contribution in [2.24, 2.45) is 4.40 Å². The van der Waals surface area contributed by atoms with Crippen LogP contribution in [0.3, 0.4) is 0 Å². The molecule has 0 saturated heterocycles. The lowest BCUT2D eigenvalue weighted by Crippen LogP contribution is -2.25. The van der Waals surface area contributed by atoms with Gasteiger partial charge >= 0.3 is 0 Å². The highest BCUT2D eigenvalue weighted by Crippen LogP contribution is 2.26. The third kappa shape index (κ3) is 4.04. The number of sulfonamides is 1. The summed E-state index contributed by atoms with van der Waals surface area (Å²) < 4.78 is 32.3. The van der Waals surface area contributed by atoms with Crippen LogP contribution in [0.5, 0.6) is 0 Å². The summed E-state index contributed by atoms with van der Waals surface area (Å²) in [6.45, 7) is 1.88. The van der Waals surface area contributed by atoms with E-state index in [-0.39, 0.29) is 21.6 Å². The summed E-state index contributed by atoms with van der Waals surface area (Å²) in [5.41, 5.74) is 9.51. The van der Waals surface area contributed by atoms with Gasteiger partial charge in [0.25, 0.3) is 10.0 Å². The van der Waals surface area contributed by atoms with E-state index < -0.39 is 10.0 Å². The Morgan fingerprint density at radius 1 is 0.906 bits per heavy atom. The molecule has 0 atom stereocenters. The molecule has 0 spiro atoms. The van der Waals surface area contributed by atoms with Gasteiger partial charge in [0.2, 0.25) is 0 Å². The monoisotopic (exact) mass is 440 g/mol. The van der Waals surface area contributed by atoms with Crippen LogP contribution in [0.15, 0.2) is 100 Å². The average molecular weight is 441 g/mol. The van der Waals surface area contributed by atoms with Crippen LogP contribution in [0.25, 0.3) is 16.8 Å². The van der Waals surface area contributed by atoms with Crippen LogP contribution in [-0.2, 0) is 10.0 Å². The number of nitrogen functional groups attached to an aromatic ring is 1. The molecule has 1 heterocycles. The minimum absolute atomic E-state index is 0.0738. The summed E-state index contributed by atoms with van der Waals surface area (Å²) in [5, 5.41) is 9.70. The van der Waals surface area contributed by atoms with Gasteiger partial charge in [-0.25, -0.2) is 0 Å². The predicted octanol–water partition coefficient (Wildman–Crippen LogP) is 4.20. The first-order valence-electron chi connectivity index (χ1n) is 9.84. The lowest BCUT2D eigenvalue weighted by Gasteiger charge is -2.15. The van der Waals surface area contributed by atoms with Crippen molar-refractivity contribution in [2.75, 3.05) is 5.73 Å². The first-order chi connectivity index (χ1) is 15.4. The number of pyridine rings is 1. The van der Waals surface area contributed by atoms with Crippen LogP contribution in [0, 0.1) is 18.3 Å². The van der Waals surface area contributed by atoms with E-state index in [1.807, 2.05) is 55.5 Å². The Kier molecular flexibility index (Phi) is 5.63. The largest absolute Gasteiger partial charge is 0.397 e. The zero-order chi connectivity index (χ0) is 22.7. The Bertz CT molecular complexity index is 1480. The molecule has 0 bridgehead atoms. The van der Waals surface area contributed by atoms with Gasteiger partial charge in [0.05, 0.1) is 21.7 Å². The second-order valence-electron chi connectivity index (χ2n) is 7.22. The van der Waals surface area contributed by atoms with Gasteiger partial charge in [-0.2, -0.15) is 13.7 Å². The molecule has 2 N–H and O–H groups in total. The van der Waals surface area contributed by atoms with Gasteiger partial charge in [-0.1, -0.05) is 66.2 Å². The van der Waals surface area contributed by atoms with Gasteiger partial charge in [-0.15, -0.1) is 4.40 Å². The second kappa shape index (κ2) is 8.53. The van der Waals surface area contributed by atoms with Crippen molar-refractivity contribution in [3.05, 3.63) is 108 Å². The Morgan fingerprint density at radius 3 is 2.09 bits per heavy atom. The zero-order valence-electron chi connectivity index (χ0n) is 17.3. The van der Waals surface area contributed by atoms with E-state index in [1.54, 1.807) is 28.8 Å². The normalized spacial score (nSPS) is 11.8. The minimum atomic E-state index is -4.06. The van der Waals surface area contributed by atoms with E-state index in [2.05, 4.69) is 10.5 Å². The summed E-state index contributed by atoms with van der Waals surface area (Å²) in [6.07, 6.45) is 1.51. The first-order valence-corrected chi connectivity index (χ1v) is 11.3. The molecule has 0 unspecified atom stereocenters. The number of anilines is 1. The van der Waals surface area contributed by atoms with Crippen LogP contribution in [-0.4, -0.2) is 13.0 Å². The number of hydrogen-bond acceptors (Lipinski definition) is 4. The lowest BCUT2D eigenvalue weighted by molar-refractivity contribution is 0.596. The maximum atomic E-state index is 13.3. The Morgan fingerprint density at radius 2 is 1.50 bits per heavy atom. The molecule has 6 nitrogen and oxygen atoms in total. The molecule has 0 aliphatic rings. The standard InChI is InChI=1S/C25H20N4O2S/c1-18-12-14-22(15-13-18)32(30,31)28-25-23(19-8-4-2-5-9-19)24(27)20(16-26)17-29(25)21-10-6-3-7-11-21/h2-15,17H,27H2,1H3/b28-25-. The fourth-order valence-corrected chi connectivity index (χ4v) is 4.36. The molecule has 4 aromatic rings. The molecule has 0 amide bonds. The Hall–Kier alpha value is -4.15. The molecule has 3 aromatic carbocycles. The number of benzene rings is 3. The van der Waals surface area contributed by atoms with E-state index in [0.717, 1.165) is 5.56 Å². The predicted molar refractivity (Wildman–Crippen MR) is 124 cm³/mol. The van der Waals surface area contributed by atoms with Gasteiger partial charge in [-0.05, 0) is 36.8 Å². The van der Waals surface area contributed by atoms with Crippen LogP contribution in [0.1, 0.15) is 11.1 Å². The second-order valence-corrected chi connectivity index (χ2v) is 8.82. The van der Waals surface area contributed by atoms with E-state index in [4.69, 9.17) is 5.73 Å². The van der Waals surface area contributed by atoms with E-state index in [0.29, 0.717) is 16.8 Å². The molecular formula is C25H20N4O2S. The minimum Gasteiger partial charge on any atom is -0.397 e. The summed E-state index contributed by atoms with van der Waals surface area (Å²) in [7, 11) is -4.06. The molecule has 0 aliphatic carbocycles. The van der Waals surface area contributed by atoms with Gasteiger partial charge in [0.1, 0.15) is 6.07 Å². The van der Waals surface area contributed by atoms with E-state index in [9.17, 15) is 13.7 Å². The van der Waals surface area contributed by atoms with Gasteiger partial charge in [0.15, 0.2) is 5.49 Å². The highest BCUT2D eigenvalue weighted by Gasteiger charge is 2.19. The smallest absolute Gasteiger partial charge is 0.284 e. The number of nitriles is 1. The van der Waals surface area contributed by atoms with Crippen molar-refractivity contribution in [1.29, 1.82) is 5.26 Å². The number of hydrogen-bond donors (Lipinski definition) is 1. The highest BCUT2D eigenvalue weighted by molar-refractivity contribution is 7.90. The number of rotatable bonds is 4. The fraction of sp³-hybridized carbons (Fsp3) is 0.0400. The van der Waals surface area contributed by atoms with Crippen molar-refractivity contribution in [3.8, 4) is 22.9 Å². The number of aryl methyl sites for hydroxylation is 1. The number of para-hydroxylation sites is 1. The summed E-state index contributed by atoms with van der Waals surface area (Å²) in [6, 6.07) is 26.8. The topological polar surface area (TPSA) is 101 Å². The summed E-state index contributed by atoms with van der Waals surface area (Å²) in [5.74, 6) is 0. The van der Waals surface area contributed by atoms with Crippen LogP contribution in [0.2, 0.25) is 0 Å². The third-order valence-electron chi connectivity index (χ3n) is 5.01. The van der Waals surface area contributed by atoms with E-state index in [1.165, 1.54) is 18.3 Å². The number of aromatic nitrogens is 1. The third-order valence-corrected chi connectivity index (χ3v) is 6.29. The molecule has 0 radical (unpaired) electrons. The summed E-state index contributed by atoms with van der Waals surface area (Å²) >= 11 is 0. The van der Waals surface area contributed by atoms with Gasteiger partial charge in [-0.3, -0.25) is 4.57 Å². The molecule has 32 heavy (non-hydrogen) atoms. The van der Waals surface area contributed by atoms with Crippen LogP contribution < -0.4 is 11.2 Å². The molecule has 0 saturated carbocycles. The number of nitrogens with zero attached hydrogens (tertiary/aromatic N) is 3. The quantitative estimate of drug-likeness (QED) is 0.514. The van der Waals surface area contributed by atoms with Crippen LogP contribution in [0.4, 0.5) is 5.69 Å². The van der Waals surface area contributed by atoms with Crippen LogP contribution >= 0.6 is 0 Å². The Labute approximate surface area is 186 Å². The highest BCUT2D eigenvalue weighted by atomic mass is 32.2. The van der Waals surface area contributed by atoms with Crippen molar-refractivity contribution in [1.82, 2.24) is 4.57 Å². The molecule has 7 heteroatoms. The maximum Gasteiger partial charge on any atom is 0.284 e. The molecular weight excluding hydrogens is 420 g/mol. The van der Waals surface area contributed by atoms with Crippen molar-refractivity contribution in [3.63, 3.8) is 0 Å². The van der Waals surface area contributed by atoms with Gasteiger partial charge in [0, 0.05) is 11.9 Å². The molecule has 0 fully saturated rings. The van der Waals surface area contributed by atoms with Crippen molar-refractivity contribution in [2.45, 2.75) is 11.8 Å². The molecule has 158 valence electrons. The maximum absolute atomic E-state index is 13.3. The van der Waals surface area contributed by atoms with Gasteiger partial charge < -0.3 is 5.73 Å². The van der Waals surface area contributed by atoms with Crippen molar-refractivity contribution < 1.29 is 8.42 Å². The molecule has 1 aromatic heterocycles. The fourth-order valence-electron chi connectivity index (χ4n) is 3.37. The zero-order valence-corrected chi connectivity index (χ0v) is 18.1. The SMILES string of the molecule is Cc1ccc(S(=O)(=O)/N=c2/c(-c3ccccc3)c(N)c(C#N)cn2-c2ccccc2)cc1. The molecule has 0 aliphatic heterocycles. The first kappa shape index (κ1) is 21.1. The summed E-state index contributed by atoms with van der Waals surface area (Å²) in [4.78, 5) is 0.0738.